The first-order chi connectivity index (χ1) is 12.2. The molecule has 8 nitrogen and oxygen atoms in total. The zero-order valence-corrected chi connectivity index (χ0v) is 18.0. The number of ether oxygens (including phenoxy) is 1. The largest absolute Gasteiger partial charge is 0.444 e. The molecule has 1 atom stereocenters. The van der Waals surface area contributed by atoms with E-state index < -0.39 is 15.6 Å². The summed E-state index contributed by atoms with van der Waals surface area (Å²) in [5, 5.41) is 8.22. The van der Waals surface area contributed by atoms with Crippen molar-refractivity contribution in [3.05, 3.63) is 11.9 Å². The van der Waals surface area contributed by atoms with Gasteiger partial charge in [0.2, 0.25) is 16.2 Å². The number of aryl methyl sites for hydroxylation is 2. The van der Waals surface area contributed by atoms with Crippen LogP contribution in [0.2, 0.25) is 0 Å². The number of hydrogen-bond donors (Lipinski definition) is 2. The van der Waals surface area contributed by atoms with Crippen molar-refractivity contribution >= 4 is 16.1 Å². The normalized spacial score (nSPS) is 20.1. The van der Waals surface area contributed by atoms with Crippen LogP contribution in [-0.4, -0.2) is 42.2 Å². The lowest BCUT2D eigenvalue weighted by molar-refractivity contribution is -0.751. The first-order valence-electron chi connectivity index (χ1n) is 9.31. The van der Waals surface area contributed by atoms with Crippen LogP contribution in [0.1, 0.15) is 59.6 Å². The van der Waals surface area contributed by atoms with E-state index in [1.54, 1.807) is 11.6 Å². The van der Waals surface area contributed by atoms with E-state index in [1.807, 2.05) is 25.7 Å². The molecule has 1 fully saturated rings. The van der Waals surface area contributed by atoms with Crippen LogP contribution in [0.25, 0.3) is 0 Å². The lowest BCUT2D eigenvalue weighted by atomic mass is 9.93. The number of primary sulfonamides is 1. The second-order valence-electron chi connectivity index (χ2n) is 9.08. The third-order valence-corrected chi connectivity index (χ3v) is 5.87. The van der Waals surface area contributed by atoms with Crippen molar-refractivity contribution in [1.29, 1.82) is 0 Å². The predicted octanol–water partition coefficient (Wildman–Crippen LogP) is 2.07. The summed E-state index contributed by atoms with van der Waals surface area (Å²) < 4.78 is 30.3. The minimum Gasteiger partial charge on any atom is -0.444 e. The maximum absolute atomic E-state index is 12.5. The molecule has 0 radical (unpaired) electrons. The lowest BCUT2D eigenvalue weighted by Crippen LogP contribution is -2.45. The standard InChI is InChI=1S/C18H32N4O4S/c1-13-15(27(19,24)25)12-21(20-13)9-7-8-14-10-18(5,6)22(11-14)16(23)26-17(2,3)4/h12,14H,7-11H2,1-6H3,(H2,19,24,25)/p+1. The molecule has 1 aromatic rings. The number of carbonyl (C=O) groups excluding carboxylic acids is 1. The summed E-state index contributed by atoms with van der Waals surface area (Å²) in [4.78, 5) is 14.4. The summed E-state index contributed by atoms with van der Waals surface area (Å²) >= 11 is 0. The van der Waals surface area contributed by atoms with Gasteiger partial charge in [-0.15, -0.1) is 4.68 Å². The van der Waals surface area contributed by atoms with Gasteiger partial charge in [0.05, 0.1) is 5.69 Å². The molecule has 2 heterocycles. The first kappa shape index (κ1) is 21.7. The fourth-order valence-corrected chi connectivity index (χ4v) is 4.46. The summed E-state index contributed by atoms with van der Waals surface area (Å²) in [5.41, 5.74) is -0.200. The van der Waals surface area contributed by atoms with Crippen molar-refractivity contribution < 1.29 is 22.6 Å². The van der Waals surface area contributed by atoms with Crippen LogP contribution in [0.4, 0.5) is 4.79 Å². The van der Waals surface area contributed by atoms with Gasteiger partial charge in [-0.1, -0.05) is 0 Å². The predicted molar refractivity (Wildman–Crippen MR) is 101 cm³/mol. The Labute approximate surface area is 162 Å². The van der Waals surface area contributed by atoms with E-state index in [0.29, 0.717) is 24.7 Å². The average Bonchev–Trinajstić information content (AvgIpc) is 2.96. The topological polar surface area (TPSA) is 109 Å². The quantitative estimate of drug-likeness (QED) is 0.736. The van der Waals surface area contributed by atoms with Crippen LogP contribution in [0.15, 0.2) is 11.1 Å². The van der Waals surface area contributed by atoms with E-state index in [0.717, 1.165) is 19.3 Å². The van der Waals surface area contributed by atoms with E-state index in [-0.39, 0.29) is 16.5 Å². The third-order valence-electron chi connectivity index (χ3n) is 4.85. The zero-order chi connectivity index (χ0) is 20.6. The number of aromatic nitrogens is 2. The summed E-state index contributed by atoms with van der Waals surface area (Å²) in [6.45, 7) is 12.8. The molecule has 1 aliphatic rings. The Balaban J connectivity index is 1.91. The van der Waals surface area contributed by atoms with Gasteiger partial charge in [-0.25, -0.2) is 18.4 Å². The number of likely N-dealkylation sites (tertiary alicyclic amines) is 1. The van der Waals surface area contributed by atoms with E-state index in [9.17, 15) is 13.2 Å². The lowest BCUT2D eigenvalue weighted by Gasteiger charge is -2.33. The van der Waals surface area contributed by atoms with Crippen molar-refractivity contribution in [3.8, 4) is 0 Å². The molecule has 1 unspecified atom stereocenters. The van der Waals surface area contributed by atoms with Crippen LogP contribution in [0, 0.1) is 12.8 Å². The van der Waals surface area contributed by atoms with Crippen LogP contribution in [0.3, 0.4) is 0 Å². The van der Waals surface area contributed by atoms with E-state index in [2.05, 4.69) is 18.9 Å². The number of rotatable bonds is 5. The summed E-state index contributed by atoms with van der Waals surface area (Å²) in [6, 6.07) is 0. The van der Waals surface area contributed by atoms with E-state index >= 15 is 0 Å². The highest BCUT2D eigenvalue weighted by atomic mass is 32.2. The molecule has 0 spiro atoms. The van der Waals surface area contributed by atoms with Gasteiger partial charge in [-0.3, -0.25) is 0 Å². The van der Waals surface area contributed by atoms with Crippen molar-refractivity contribution in [3.63, 3.8) is 0 Å². The van der Waals surface area contributed by atoms with Crippen molar-refractivity contribution in [2.75, 3.05) is 6.54 Å². The van der Waals surface area contributed by atoms with Crippen molar-refractivity contribution in [2.45, 2.75) is 83.4 Å². The number of H-pyrrole nitrogens is 1. The Bertz CT molecular complexity index is 793. The smallest absolute Gasteiger partial charge is 0.410 e. The fraction of sp³-hybridized carbons (Fsp3) is 0.778. The average molecular weight is 402 g/mol. The van der Waals surface area contributed by atoms with Crippen LogP contribution >= 0.6 is 0 Å². The molecular weight excluding hydrogens is 368 g/mol. The first-order valence-corrected chi connectivity index (χ1v) is 10.9. The second kappa shape index (κ2) is 7.43. The van der Waals surface area contributed by atoms with Gasteiger partial charge in [0.25, 0.3) is 0 Å². The molecule has 3 N–H and O–H groups in total. The van der Waals surface area contributed by atoms with Crippen molar-refractivity contribution in [1.82, 2.24) is 10.00 Å². The maximum Gasteiger partial charge on any atom is 0.410 e. The molecule has 2 rings (SSSR count). The van der Waals surface area contributed by atoms with E-state index in [4.69, 9.17) is 9.88 Å². The molecule has 1 amide bonds. The fourth-order valence-electron chi connectivity index (χ4n) is 3.72. The number of nitrogens with one attached hydrogen (secondary N) is 1. The van der Waals surface area contributed by atoms with E-state index in [1.165, 1.54) is 6.20 Å². The number of aromatic amines is 1. The molecule has 0 saturated carbocycles. The Morgan fingerprint density at radius 3 is 2.59 bits per heavy atom. The molecular formula is C18H33N4O4S+. The van der Waals surface area contributed by atoms with Crippen molar-refractivity contribution in [2.24, 2.45) is 11.1 Å². The molecule has 9 heteroatoms. The van der Waals surface area contributed by atoms with Gasteiger partial charge in [-0.05, 0) is 60.3 Å². The number of amides is 1. The highest BCUT2D eigenvalue weighted by Crippen LogP contribution is 2.36. The number of sulfonamides is 1. The second-order valence-corrected chi connectivity index (χ2v) is 10.6. The number of hydrogen-bond acceptors (Lipinski definition) is 4. The SMILES string of the molecule is Cc1[nH][n+](CCCC2CN(C(=O)OC(C)(C)C)C(C)(C)C2)cc1S(N)(=O)=O. The molecule has 0 aromatic carbocycles. The van der Waals surface area contributed by atoms with Crippen LogP contribution < -0.4 is 9.82 Å². The maximum atomic E-state index is 12.5. The van der Waals surface area contributed by atoms with Gasteiger partial charge in [0, 0.05) is 18.5 Å². The monoisotopic (exact) mass is 401 g/mol. The number of nitrogens with zero attached hydrogens (tertiary/aromatic N) is 2. The van der Waals surface area contributed by atoms with Gasteiger partial charge < -0.3 is 9.64 Å². The zero-order valence-electron chi connectivity index (χ0n) is 17.2. The summed E-state index contributed by atoms with van der Waals surface area (Å²) in [6.07, 6.45) is 4.01. The Morgan fingerprint density at radius 2 is 2.07 bits per heavy atom. The molecule has 0 aliphatic carbocycles. The Kier molecular flexibility index (Phi) is 5.96. The summed E-state index contributed by atoms with van der Waals surface area (Å²) in [7, 11) is -3.71. The minimum absolute atomic E-state index is 0.126. The van der Waals surface area contributed by atoms with Gasteiger partial charge in [-0.2, -0.15) is 5.10 Å². The minimum atomic E-state index is -3.71. The van der Waals surface area contributed by atoms with Crippen LogP contribution in [0.5, 0.6) is 0 Å². The molecule has 1 saturated heterocycles. The Hall–Kier alpha value is -1.61. The molecule has 1 aliphatic heterocycles. The van der Waals surface area contributed by atoms with Crippen LogP contribution in [-0.2, 0) is 21.3 Å². The van der Waals surface area contributed by atoms with Gasteiger partial charge in [0.15, 0.2) is 11.4 Å². The highest BCUT2D eigenvalue weighted by Gasteiger charge is 2.42. The molecule has 154 valence electrons. The summed E-state index contributed by atoms with van der Waals surface area (Å²) in [5.74, 6) is 0.391. The highest BCUT2D eigenvalue weighted by molar-refractivity contribution is 7.89. The number of carbonyl (C=O) groups is 1. The molecule has 0 bridgehead atoms. The Morgan fingerprint density at radius 1 is 1.44 bits per heavy atom. The molecule has 27 heavy (non-hydrogen) atoms. The van der Waals surface area contributed by atoms with Gasteiger partial charge >= 0.3 is 6.09 Å². The molecule has 1 aromatic heterocycles. The van der Waals surface area contributed by atoms with Gasteiger partial charge in [0.1, 0.15) is 5.60 Å². The number of nitrogens with two attached hydrogens (primary N) is 1. The third kappa shape index (κ3) is 5.68.